The van der Waals surface area contributed by atoms with Crippen LogP contribution in [0.1, 0.15) is 5.56 Å². The van der Waals surface area contributed by atoms with Crippen molar-refractivity contribution in [3.05, 3.63) is 60.2 Å². The highest BCUT2D eigenvalue weighted by molar-refractivity contribution is 7.98. The number of benzene rings is 2. The van der Waals surface area contributed by atoms with Crippen molar-refractivity contribution in [3.63, 3.8) is 0 Å². The lowest BCUT2D eigenvalue weighted by atomic mass is 10.2. The number of hydrogen-bond acceptors (Lipinski definition) is 5. The van der Waals surface area contributed by atoms with E-state index in [4.69, 9.17) is 4.52 Å². The lowest BCUT2D eigenvalue weighted by Gasteiger charge is -2.02. The van der Waals surface area contributed by atoms with Gasteiger partial charge >= 0.3 is 0 Å². The summed E-state index contributed by atoms with van der Waals surface area (Å²) in [6, 6.07) is 18.1. The standard InChI is InChI=1S/C16H15N3OS/c1-21-14-9-7-12(8-10-14)11-17-16-18-15(20-19-16)13-5-3-2-4-6-13/h2-10H,11H2,1H3,(H,17,19). The second-order valence-electron chi connectivity index (χ2n) is 4.49. The molecule has 0 bridgehead atoms. The van der Waals surface area contributed by atoms with Gasteiger partial charge in [0.1, 0.15) is 0 Å². The Morgan fingerprint density at radius 1 is 1.05 bits per heavy atom. The summed E-state index contributed by atoms with van der Waals surface area (Å²) in [5.41, 5.74) is 2.10. The number of anilines is 1. The van der Waals surface area contributed by atoms with Crippen LogP contribution in [0.2, 0.25) is 0 Å². The molecule has 0 radical (unpaired) electrons. The third-order valence-corrected chi connectivity index (χ3v) is 3.80. The van der Waals surface area contributed by atoms with E-state index in [1.807, 2.05) is 30.3 Å². The Kier molecular flexibility index (Phi) is 4.21. The molecule has 0 unspecified atom stereocenters. The van der Waals surface area contributed by atoms with E-state index in [9.17, 15) is 0 Å². The smallest absolute Gasteiger partial charge is 0.264 e. The SMILES string of the molecule is CSc1ccc(CNc2noc(-c3ccccc3)n2)cc1. The fraction of sp³-hybridized carbons (Fsp3) is 0.125. The molecule has 0 fully saturated rings. The molecule has 0 aliphatic heterocycles. The first-order valence-electron chi connectivity index (χ1n) is 6.61. The van der Waals surface area contributed by atoms with Gasteiger partial charge in [0, 0.05) is 17.0 Å². The molecule has 1 N–H and O–H groups in total. The van der Waals surface area contributed by atoms with Gasteiger partial charge in [-0.2, -0.15) is 4.98 Å². The molecule has 21 heavy (non-hydrogen) atoms. The summed E-state index contributed by atoms with van der Waals surface area (Å²) in [7, 11) is 0. The molecule has 0 amide bonds. The van der Waals surface area contributed by atoms with Gasteiger partial charge in [-0.15, -0.1) is 11.8 Å². The largest absolute Gasteiger partial charge is 0.347 e. The second-order valence-corrected chi connectivity index (χ2v) is 5.37. The first-order valence-corrected chi connectivity index (χ1v) is 7.83. The quantitative estimate of drug-likeness (QED) is 0.719. The number of rotatable bonds is 5. The number of aromatic nitrogens is 2. The maximum absolute atomic E-state index is 5.25. The number of nitrogens with one attached hydrogen (secondary N) is 1. The first kappa shape index (κ1) is 13.7. The zero-order chi connectivity index (χ0) is 14.5. The predicted octanol–water partition coefficient (Wildman–Crippen LogP) is 4.07. The molecule has 2 aromatic carbocycles. The highest BCUT2D eigenvalue weighted by atomic mass is 32.2. The maximum Gasteiger partial charge on any atom is 0.264 e. The Labute approximate surface area is 127 Å². The molecule has 0 saturated carbocycles. The molecule has 5 heteroatoms. The fourth-order valence-electron chi connectivity index (χ4n) is 1.92. The van der Waals surface area contributed by atoms with Gasteiger partial charge in [0.2, 0.25) is 0 Å². The predicted molar refractivity (Wildman–Crippen MR) is 85.3 cm³/mol. The molecule has 106 valence electrons. The molecule has 1 heterocycles. The van der Waals surface area contributed by atoms with Crippen LogP contribution < -0.4 is 5.32 Å². The molecule has 1 aromatic heterocycles. The van der Waals surface area contributed by atoms with Crippen molar-refractivity contribution in [1.82, 2.24) is 10.1 Å². The Morgan fingerprint density at radius 2 is 1.81 bits per heavy atom. The van der Waals surface area contributed by atoms with Gasteiger partial charge in [0.25, 0.3) is 11.8 Å². The minimum absolute atomic E-state index is 0.503. The molecule has 3 aromatic rings. The molecular weight excluding hydrogens is 282 g/mol. The van der Waals surface area contributed by atoms with Crippen LogP contribution in [0.3, 0.4) is 0 Å². The van der Waals surface area contributed by atoms with E-state index in [0.717, 1.165) is 5.56 Å². The van der Waals surface area contributed by atoms with E-state index in [0.29, 0.717) is 18.4 Å². The summed E-state index contributed by atoms with van der Waals surface area (Å²) in [6.45, 7) is 0.669. The van der Waals surface area contributed by atoms with E-state index in [1.54, 1.807) is 11.8 Å². The van der Waals surface area contributed by atoms with Crippen molar-refractivity contribution in [3.8, 4) is 11.5 Å². The van der Waals surface area contributed by atoms with Crippen molar-refractivity contribution < 1.29 is 4.52 Å². The number of nitrogens with zero attached hydrogens (tertiary/aromatic N) is 2. The minimum atomic E-state index is 0.503. The Hall–Kier alpha value is -2.27. The Balaban J connectivity index is 1.64. The Morgan fingerprint density at radius 3 is 2.52 bits per heavy atom. The monoisotopic (exact) mass is 297 g/mol. The fourth-order valence-corrected chi connectivity index (χ4v) is 2.33. The van der Waals surface area contributed by atoms with E-state index < -0.39 is 0 Å². The zero-order valence-corrected chi connectivity index (χ0v) is 12.4. The average Bonchev–Trinajstić information content (AvgIpc) is 3.03. The zero-order valence-electron chi connectivity index (χ0n) is 11.6. The van der Waals surface area contributed by atoms with Gasteiger partial charge in [-0.1, -0.05) is 30.3 Å². The average molecular weight is 297 g/mol. The molecule has 0 atom stereocenters. The number of hydrogen-bond donors (Lipinski definition) is 1. The summed E-state index contributed by atoms with van der Waals surface area (Å²) < 4.78 is 5.25. The molecule has 0 aliphatic rings. The third-order valence-electron chi connectivity index (χ3n) is 3.06. The van der Waals surface area contributed by atoms with Crippen LogP contribution in [0.15, 0.2) is 64.0 Å². The van der Waals surface area contributed by atoms with Crippen LogP contribution in [0.4, 0.5) is 5.95 Å². The topological polar surface area (TPSA) is 51.0 Å². The molecular formula is C16H15N3OS. The molecule has 0 saturated heterocycles. The summed E-state index contributed by atoms with van der Waals surface area (Å²) in [5.74, 6) is 1.03. The number of thioether (sulfide) groups is 1. The van der Waals surface area contributed by atoms with Crippen molar-refractivity contribution in [2.75, 3.05) is 11.6 Å². The normalized spacial score (nSPS) is 10.5. The molecule has 4 nitrogen and oxygen atoms in total. The van der Waals surface area contributed by atoms with Crippen molar-refractivity contribution >= 4 is 17.7 Å². The summed E-state index contributed by atoms with van der Waals surface area (Å²) >= 11 is 1.73. The second kappa shape index (κ2) is 6.45. The van der Waals surface area contributed by atoms with Crippen molar-refractivity contribution in [2.24, 2.45) is 0 Å². The van der Waals surface area contributed by atoms with Gasteiger partial charge < -0.3 is 9.84 Å². The van der Waals surface area contributed by atoms with Crippen LogP contribution in [-0.4, -0.2) is 16.4 Å². The summed E-state index contributed by atoms with van der Waals surface area (Å²) in [5, 5.41) is 7.11. The molecule has 0 aliphatic carbocycles. The van der Waals surface area contributed by atoms with Gasteiger partial charge in [-0.25, -0.2) is 0 Å². The Bertz CT molecular complexity index is 695. The lowest BCUT2D eigenvalue weighted by molar-refractivity contribution is 0.432. The highest BCUT2D eigenvalue weighted by Gasteiger charge is 2.07. The minimum Gasteiger partial charge on any atom is -0.347 e. The van der Waals surface area contributed by atoms with Crippen LogP contribution in [0, 0.1) is 0 Å². The first-order chi connectivity index (χ1) is 10.3. The van der Waals surface area contributed by atoms with E-state index in [1.165, 1.54) is 10.5 Å². The van der Waals surface area contributed by atoms with Crippen molar-refractivity contribution in [2.45, 2.75) is 11.4 Å². The third kappa shape index (κ3) is 3.44. The lowest BCUT2D eigenvalue weighted by Crippen LogP contribution is -2.00. The van der Waals surface area contributed by atoms with E-state index in [-0.39, 0.29) is 0 Å². The van der Waals surface area contributed by atoms with Gasteiger partial charge in [-0.05, 0) is 41.2 Å². The van der Waals surface area contributed by atoms with Crippen LogP contribution >= 0.6 is 11.8 Å². The van der Waals surface area contributed by atoms with Crippen molar-refractivity contribution in [1.29, 1.82) is 0 Å². The van der Waals surface area contributed by atoms with Crippen LogP contribution in [-0.2, 0) is 6.54 Å². The van der Waals surface area contributed by atoms with E-state index >= 15 is 0 Å². The van der Waals surface area contributed by atoms with Crippen LogP contribution in [0.25, 0.3) is 11.5 Å². The summed E-state index contributed by atoms with van der Waals surface area (Å²) in [6.07, 6.45) is 2.07. The maximum atomic E-state index is 5.25. The van der Waals surface area contributed by atoms with Crippen LogP contribution in [0.5, 0.6) is 0 Å². The van der Waals surface area contributed by atoms with Gasteiger partial charge in [-0.3, -0.25) is 0 Å². The van der Waals surface area contributed by atoms with Gasteiger partial charge in [0.05, 0.1) is 0 Å². The molecule has 3 rings (SSSR count). The van der Waals surface area contributed by atoms with E-state index in [2.05, 4.69) is 46.0 Å². The summed E-state index contributed by atoms with van der Waals surface area (Å²) in [4.78, 5) is 5.59. The molecule has 0 spiro atoms. The van der Waals surface area contributed by atoms with Gasteiger partial charge in [0.15, 0.2) is 0 Å². The highest BCUT2D eigenvalue weighted by Crippen LogP contribution is 2.19.